The van der Waals surface area contributed by atoms with E-state index in [1.807, 2.05) is 0 Å². The normalized spacial score (nSPS) is 17.6. The zero-order valence-corrected chi connectivity index (χ0v) is 9.06. The highest BCUT2D eigenvalue weighted by Crippen LogP contribution is 2.48. The quantitative estimate of drug-likeness (QED) is 0.845. The molecule has 1 amide bonds. The van der Waals surface area contributed by atoms with Gasteiger partial charge in [0.25, 0.3) is 0 Å². The van der Waals surface area contributed by atoms with Crippen LogP contribution < -0.4 is 5.32 Å². The molecule has 0 aliphatic heterocycles. The van der Waals surface area contributed by atoms with Crippen molar-refractivity contribution in [1.82, 2.24) is 0 Å². The summed E-state index contributed by atoms with van der Waals surface area (Å²) in [6, 6.07) is 6.12. The summed E-state index contributed by atoms with van der Waals surface area (Å²) in [5.74, 6) is -4.89. The lowest BCUT2D eigenvalue weighted by atomic mass is 9.87. The largest absolute Gasteiger partial charge is 0.326 e. The molecular weight excluding hydrogens is 231 g/mol. The van der Waals surface area contributed by atoms with Crippen molar-refractivity contribution in [3.63, 3.8) is 0 Å². The molecular formula is C12H10F3NO. The zero-order valence-electron chi connectivity index (χ0n) is 9.06. The van der Waals surface area contributed by atoms with Crippen molar-refractivity contribution in [2.24, 2.45) is 0 Å². The molecule has 1 N–H and O–H groups in total. The number of halogens is 3. The number of allylic oxidation sites excluding steroid dienone is 2. The molecule has 0 aromatic heterocycles. The third kappa shape index (κ3) is 2.18. The molecule has 0 heterocycles. The third-order valence-electron chi connectivity index (χ3n) is 2.54. The first-order valence-corrected chi connectivity index (χ1v) is 5.05. The topological polar surface area (TPSA) is 29.1 Å². The third-order valence-corrected chi connectivity index (χ3v) is 2.54. The molecule has 0 saturated heterocycles. The van der Waals surface area contributed by atoms with E-state index in [-0.39, 0.29) is 11.5 Å². The number of rotatable bonds is 2. The van der Waals surface area contributed by atoms with Crippen molar-refractivity contribution in [1.29, 1.82) is 0 Å². The molecule has 17 heavy (non-hydrogen) atoms. The van der Waals surface area contributed by atoms with Crippen LogP contribution in [-0.4, -0.2) is 11.8 Å². The van der Waals surface area contributed by atoms with Crippen molar-refractivity contribution >= 4 is 17.2 Å². The van der Waals surface area contributed by atoms with Crippen molar-refractivity contribution in [3.05, 3.63) is 35.7 Å². The van der Waals surface area contributed by atoms with Gasteiger partial charge in [0.05, 0.1) is 0 Å². The van der Waals surface area contributed by atoms with E-state index < -0.39 is 18.2 Å². The van der Waals surface area contributed by atoms with E-state index in [0.29, 0.717) is 11.3 Å². The fourth-order valence-corrected chi connectivity index (χ4v) is 1.68. The van der Waals surface area contributed by atoms with Gasteiger partial charge in [0.1, 0.15) is 0 Å². The molecule has 0 saturated carbocycles. The molecule has 0 unspecified atom stereocenters. The highest BCUT2D eigenvalue weighted by Gasteiger charge is 2.47. The van der Waals surface area contributed by atoms with Crippen molar-refractivity contribution in [2.45, 2.75) is 19.3 Å². The number of hydrogen-bond donors (Lipinski definition) is 1. The maximum absolute atomic E-state index is 13.0. The molecule has 2 rings (SSSR count). The Bertz CT molecular complexity index is 491. The standard InChI is InChI=1S/C12H10F3NO/c1-7(17)16-9-4-2-8(3-5-9)10-6-12(14,15)11(10)13/h2-5H,6H2,1H3,(H,16,17). The molecule has 2 nitrogen and oxygen atoms in total. The molecule has 1 aromatic carbocycles. The number of carbonyl (C=O) groups excluding carboxylic acids is 1. The monoisotopic (exact) mass is 241 g/mol. The first-order valence-electron chi connectivity index (χ1n) is 5.05. The number of anilines is 1. The van der Waals surface area contributed by atoms with Crippen LogP contribution in [0.25, 0.3) is 5.57 Å². The number of hydrogen-bond acceptors (Lipinski definition) is 1. The van der Waals surface area contributed by atoms with Crippen LogP contribution in [0.4, 0.5) is 18.9 Å². The minimum Gasteiger partial charge on any atom is -0.326 e. The van der Waals surface area contributed by atoms with E-state index in [0.717, 1.165) is 0 Å². The van der Waals surface area contributed by atoms with Gasteiger partial charge in [-0.25, -0.2) is 4.39 Å². The van der Waals surface area contributed by atoms with Crippen LogP contribution in [0.3, 0.4) is 0 Å². The molecule has 1 aliphatic carbocycles. The van der Waals surface area contributed by atoms with Crippen LogP contribution in [0.15, 0.2) is 30.1 Å². The van der Waals surface area contributed by atoms with Crippen LogP contribution in [0.2, 0.25) is 0 Å². The molecule has 0 atom stereocenters. The summed E-state index contributed by atoms with van der Waals surface area (Å²) >= 11 is 0. The maximum Gasteiger partial charge on any atom is 0.303 e. The summed E-state index contributed by atoms with van der Waals surface area (Å²) in [7, 11) is 0. The van der Waals surface area contributed by atoms with Gasteiger partial charge in [-0.15, -0.1) is 0 Å². The summed E-state index contributed by atoms with van der Waals surface area (Å²) in [6.07, 6.45) is -0.571. The molecule has 1 aliphatic rings. The minimum absolute atomic E-state index is 0.0318. The Labute approximate surface area is 96.1 Å². The summed E-state index contributed by atoms with van der Waals surface area (Å²) < 4.78 is 38.3. The Kier molecular flexibility index (Phi) is 2.69. The van der Waals surface area contributed by atoms with E-state index in [2.05, 4.69) is 5.32 Å². The number of amides is 1. The summed E-state index contributed by atoms with van der Waals surface area (Å²) in [5, 5.41) is 2.54. The second-order valence-electron chi connectivity index (χ2n) is 3.93. The average molecular weight is 241 g/mol. The number of alkyl halides is 2. The molecule has 0 radical (unpaired) electrons. The van der Waals surface area contributed by atoms with Gasteiger partial charge in [-0.05, 0) is 17.7 Å². The lowest BCUT2D eigenvalue weighted by molar-refractivity contribution is -0.114. The Hall–Kier alpha value is -1.78. The van der Waals surface area contributed by atoms with Crippen LogP contribution in [0.5, 0.6) is 0 Å². The first kappa shape index (κ1) is 11.7. The predicted octanol–water partition coefficient (Wildman–Crippen LogP) is 3.36. The van der Waals surface area contributed by atoms with E-state index in [4.69, 9.17) is 0 Å². The average Bonchev–Trinajstić information content (AvgIpc) is 2.26. The number of nitrogens with one attached hydrogen (secondary N) is 1. The Balaban J connectivity index is 2.20. The van der Waals surface area contributed by atoms with Crippen LogP contribution in [-0.2, 0) is 4.79 Å². The van der Waals surface area contributed by atoms with Gasteiger partial charge in [0.2, 0.25) is 5.91 Å². The molecule has 0 bridgehead atoms. The van der Waals surface area contributed by atoms with Crippen molar-refractivity contribution < 1.29 is 18.0 Å². The maximum atomic E-state index is 13.0. The van der Waals surface area contributed by atoms with Crippen molar-refractivity contribution in [2.75, 3.05) is 5.32 Å². The highest BCUT2D eigenvalue weighted by atomic mass is 19.3. The van der Waals surface area contributed by atoms with Gasteiger partial charge in [0.15, 0.2) is 5.83 Å². The number of benzene rings is 1. The summed E-state index contributed by atoms with van der Waals surface area (Å²) in [6.45, 7) is 1.36. The fourth-order valence-electron chi connectivity index (χ4n) is 1.68. The van der Waals surface area contributed by atoms with E-state index in [1.54, 1.807) is 12.1 Å². The number of carbonyl (C=O) groups is 1. The van der Waals surface area contributed by atoms with Gasteiger partial charge in [-0.3, -0.25) is 4.79 Å². The van der Waals surface area contributed by atoms with Gasteiger partial charge >= 0.3 is 5.92 Å². The smallest absolute Gasteiger partial charge is 0.303 e. The second-order valence-corrected chi connectivity index (χ2v) is 3.93. The SMILES string of the molecule is CC(=O)Nc1ccc(C2=C(F)C(F)(F)C2)cc1. The fraction of sp³-hybridized carbons (Fsp3) is 0.250. The first-order chi connectivity index (χ1) is 7.90. The van der Waals surface area contributed by atoms with E-state index in [1.165, 1.54) is 19.1 Å². The molecule has 0 fully saturated rings. The van der Waals surface area contributed by atoms with Gasteiger partial charge < -0.3 is 5.32 Å². The molecule has 90 valence electrons. The lowest BCUT2D eigenvalue weighted by Gasteiger charge is -2.27. The Morgan fingerprint density at radius 3 is 2.29 bits per heavy atom. The molecule has 1 aromatic rings. The van der Waals surface area contributed by atoms with Crippen LogP contribution in [0, 0.1) is 0 Å². The Morgan fingerprint density at radius 2 is 1.88 bits per heavy atom. The lowest BCUT2D eigenvalue weighted by Crippen LogP contribution is -2.28. The Morgan fingerprint density at radius 1 is 1.29 bits per heavy atom. The van der Waals surface area contributed by atoms with Gasteiger partial charge in [-0.1, -0.05) is 12.1 Å². The zero-order chi connectivity index (χ0) is 12.6. The predicted molar refractivity (Wildman–Crippen MR) is 58.3 cm³/mol. The van der Waals surface area contributed by atoms with E-state index >= 15 is 0 Å². The van der Waals surface area contributed by atoms with E-state index in [9.17, 15) is 18.0 Å². The van der Waals surface area contributed by atoms with Crippen LogP contribution >= 0.6 is 0 Å². The summed E-state index contributed by atoms with van der Waals surface area (Å²) in [4.78, 5) is 10.8. The van der Waals surface area contributed by atoms with Gasteiger partial charge in [0, 0.05) is 24.6 Å². The summed E-state index contributed by atoms with van der Waals surface area (Å²) in [5.41, 5.74) is 1.00. The second kappa shape index (κ2) is 3.91. The minimum atomic E-state index is -3.31. The van der Waals surface area contributed by atoms with Crippen LogP contribution in [0.1, 0.15) is 18.9 Å². The molecule has 5 heteroatoms. The highest BCUT2D eigenvalue weighted by molar-refractivity contribution is 5.89. The van der Waals surface area contributed by atoms with Crippen molar-refractivity contribution in [3.8, 4) is 0 Å². The molecule has 0 spiro atoms. The van der Waals surface area contributed by atoms with Gasteiger partial charge in [-0.2, -0.15) is 8.78 Å².